The Kier molecular flexibility index (Phi) is 5.71. The number of aldehydes is 1. The van der Waals surface area contributed by atoms with Gasteiger partial charge in [-0.15, -0.1) is 11.8 Å². The first-order valence-electron chi connectivity index (χ1n) is 4.61. The molecule has 0 aromatic rings. The smallest absolute Gasteiger partial charge is 0.192 e. The van der Waals surface area contributed by atoms with Crippen LogP contribution in [-0.4, -0.2) is 17.8 Å². The Hall–Kier alpha value is -1.12. The van der Waals surface area contributed by atoms with Gasteiger partial charge in [-0.3, -0.25) is 4.79 Å². The highest BCUT2D eigenvalue weighted by molar-refractivity contribution is 7.99. The fourth-order valence-electron chi connectivity index (χ4n) is 1.17. The van der Waals surface area contributed by atoms with E-state index in [-0.39, 0.29) is 0 Å². The summed E-state index contributed by atoms with van der Waals surface area (Å²) in [5.74, 6) is 12.8. The fraction of sp³-hybridized carbons (Fsp3) is 0.417. The van der Waals surface area contributed by atoms with Crippen molar-refractivity contribution in [3.05, 3.63) is 11.6 Å². The molecule has 0 saturated carbocycles. The third kappa shape index (κ3) is 4.80. The molecular formula is C12H12OS. The molecule has 0 atom stereocenters. The minimum Gasteiger partial charge on any atom is -0.289 e. The molecule has 0 unspecified atom stereocenters. The van der Waals surface area contributed by atoms with Gasteiger partial charge >= 0.3 is 0 Å². The molecule has 2 heteroatoms. The Labute approximate surface area is 89.3 Å². The topological polar surface area (TPSA) is 17.1 Å². The number of rotatable bonds is 2. The van der Waals surface area contributed by atoms with Crippen LogP contribution < -0.4 is 0 Å². The van der Waals surface area contributed by atoms with Crippen LogP contribution in [0.5, 0.6) is 0 Å². The van der Waals surface area contributed by atoms with E-state index in [0.29, 0.717) is 12.0 Å². The zero-order valence-electron chi connectivity index (χ0n) is 8.01. The van der Waals surface area contributed by atoms with Crippen LogP contribution in [0, 0.1) is 23.7 Å². The average molecular weight is 204 g/mol. The molecule has 0 fully saturated rings. The summed E-state index contributed by atoms with van der Waals surface area (Å²) in [4.78, 5) is 9.85. The molecule has 1 nitrogen and oxygen atoms in total. The molecule has 0 spiro atoms. The maximum absolute atomic E-state index is 9.85. The van der Waals surface area contributed by atoms with E-state index < -0.39 is 0 Å². The first-order chi connectivity index (χ1) is 6.93. The van der Waals surface area contributed by atoms with Crippen LogP contribution >= 0.6 is 11.8 Å². The van der Waals surface area contributed by atoms with Crippen molar-refractivity contribution in [3.63, 3.8) is 0 Å². The Balaban J connectivity index is 2.10. The van der Waals surface area contributed by atoms with Crippen LogP contribution in [0.25, 0.3) is 0 Å². The summed E-state index contributed by atoms with van der Waals surface area (Å²) in [6.07, 6.45) is 6.41. The van der Waals surface area contributed by atoms with Crippen molar-refractivity contribution in [2.24, 2.45) is 0 Å². The molecule has 1 aliphatic carbocycles. The van der Waals surface area contributed by atoms with Gasteiger partial charge in [0.2, 0.25) is 0 Å². The highest BCUT2D eigenvalue weighted by atomic mass is 32.2. The Morgan fingerprint density at radius 3 is 3.00 bits per heavy atom. The molecule has 0 saturated heterocycles. The van der Waals surface area contributed by atoms with Crippen LogP contribution in [0.4, 0.5) is 0 Å². The lowest BCUT2D eigenvalue weighted by Crippen LogP contribution is -1.77. The summed E-state index contributed by atoms with van der Waals surface area (Å²) in [6.45, 7) is 0. The molecule has 0 bridgehead atoms. The van der Waals surface area contributed by atoms with Crippen LogP contribution in [0.3, 0.4) is 0 Å². The number of hydrogen-bond acceptors (Lipinski definition) is 2. The molecule has 14 heavy (non-hydrogen) atoms. The highest BCUT2D eigenvalue weighted by Crippen LogP contribution is 2.15. The van der Waals surface area contributed by atoms with Crippen molar-refractivity contribution >= 4 is 18.0 Å². The summed E-state index contributed by atoms with van der Waals surface area (Å²) in [5, 5.41) is 0. The van der Waals surface area contributed by atoms with Crippen molar-refractivity contribution < 1.29 is 4.79 Å². The summed E-state index contributed by atoms with van der Waals surface area (Å²) >= 11 is 1.64. The van der Waals surface area contributed by atoms with Crippen LogP contribution in [0.1, 0.15) is 19.3 Å². The molecule has 0 N–H and O–H groups in total. The standard InChI is InChI=1S/C12H12OS/c13-9-3-4-10-14-11-5-8-12-6-1-2-7-12/h6,9H,1-2,7,10-11H2. The first kappa shape index (κ1) is 11.0. The molecular weight excluding hydrogens is 192 g/mol. The maximum atomic E-state index is 9.85. The van der Waals surface area contributed by atoms with Crippen molar-refractivity contribution in [1.82, 2.24) is 0 Å². The van der Waals surface area contributed by atoms with Gasteiger partial charge in [0, 0.05) is 0 Å². The number of thioether (sulfide) groups is 1. The van der Waals surface area contributed by atoms with Crippen molar-refractivity contribution in [2.45, 2.75) is 19.3 Å². The number of carbonyl (C=O) groups is 1. The second-order valence-corrected chi connectivity index (χ2v) is 3.84. The van der Waals surface area contributed by atoms with Crippen LogP contribution in [0.2, 0.25) is 0 Å². The summed E-state index contributed by atoms with van der Waals surface area (Å²) in [5.41, 5.74) is 1.28. The molecule has 0 aromatic heterocycles. The van der Waals surface area contributed by atoms with E-state index in [4.69, 9.17) is 0 Å². The third-order valence-corrected chi connectivity index (χ3v) is 2.50. The van der Waals surface area contributed by atoms with Gasteiger partial charge in [-0.2, -0.15) is 0 Å². The maximum Gasteiger partial charge on any atom is 0.192 e. The lowest BCUT2D eigenvalue weighted by Gasteiger charge is -1.86. The molecule has 1 aliphatic rings. The quantitative estimate of drug-likeness (QED) is 0.389. The van der Waals surface area contributed by atoms with Gasteiger partial charge in [0.25, 0.3) is 0 Å². The van der Waals surface area contributed by atoms with Gasteiger partial charge in [-0.1, -0.05) is 23.8 Å². The molecule has 0 radical (unpaired) electrons. The molecule has 0 aliphatic heterocycles. The van der Waals surface area contributed by atoms with Crippen molar-refractivity contribution in [1.29, 1.82) is 0 Å². The van der Waals surface area contributed by atoms with Gasteiger partial charge < -0.3 is 0 Å². The van der Waals surface area contributed by atoms with E-state index in [9.17, 15) is 4.79 Å². The molecule has 1 rings (SSSR count). The number of allylic oxidation sites excluding steroid dienone is 2. The third-order valence-electron chi connectivity index (χ3n) is 1.80. The number of carbonyl (C=O) groups excluding carboxylic acids is 1. The fourth-order valence-corrected chi connectivity index (χ4v) is 1.63. The number of hydrogen-bond donors (Lipinski definition) is 0. The van der Waals surface area contributed by atoms with Crippen molar-refractivity contribution in [3.8, 4) is 23.7 Å². The largest absolute Gasteiger partial charge is 0.289 e. The Bertz CT molecular complexity index is 333. The van der Waals surface area contributed by atoms with Gasteiger partial charge in [0.15, 0.2) is 6.29 Å². The lowest BCUT2D eigenvalue weighted by molar-refractivity contribution is -0.103. The minimum absolute atomic E-state index is 0.621. The lowest BCUT2D eigenvalue weighted by atomic mass is 10.2. The zero-order valence-corrected chi connectivity index (χ0v) is 8.82. The molecule has 72 valence electrons. The second-order valence-electron chi connectivity index (χ2n) is 2.86. The Morgan fingerprint density at radius 2 is 2.29 bits per heavy atom. The van der Waals surface area contributed by atoms with Crippen LogP contribution in [-0.2, 0) is 4.79 Å². The van der Waals surface area contributed by atoms with Crippen molar-refractivity contribution in [2.75, 3.05) is 11.5 Å². The highest BCUT2D eigenvalue weighted by Gasteiger charge is 1.99. The molecule has 0 aromatic carbocycles. The van der Waals surface area contributed by atoms with Gasteiger partial charge in [-0.05, 0) is 30.8 Å². The van der Waals surface area contributed by atoms with Gasteiger partial charge in [0.05, 0.1) is 11.5 Å². The average Bonchev–Trinajstić information content (AvgIpc) is 2.69. The van der Waals surface area contributed by atoms with Gasteiger partial charge in [0.1, 0.15) is 0 Å². The molecule has 0 heterocycles. The summed E-state index contributed by atoms with van der Waals surface area (Å²) < 4.78 is 0. The SMILES string of the molecule is O=CC#CCSCC#CC1=CCCC1. The zero-order chi connectivity index (χ0) is 10.1. The minimum atomic E-state index is 0.621. The predicted molar refractivity (Wildman–Crippen MR) is 60.9 cm³/mol. The molecule has 0 amide bonds. The normalized spacial score (nSPS) is 13.3. The van der Waals surface area contributed by atoms with Crippen LogP contribution in [0.15, 0.2) is 11.6 Å². The van der Waals surface area contributed by atoms with E-state index in [2.05, 4.69) is 29.8 Å². The van der Waals surface area contributed by atoms with E-state index in [0.717, 1.165) is 12.2 Å². The van der Waals surface area contributed by atoms with E-state index in [1.165, 1.54) is 18.4 Å². The first-order valence-corrected chi connectivity index (χ1v) is 5.76. The Morgan fingerprint density at radius 1 is 1.43 bits per heavy atom. The van der Waals surface area contributed by atoms with E-state index in [1.54, 1.807) is 11.8 Å². The summed E-state index contributed by atoms with van der Waals surface area (Å²) in [7, 11) is 0. The second kappa shape index (κ2) is 7.30. The van der Waals surface area contributed by atoms with E-state index in [1.807, 2.05) is 0 Å². The van der Waals surface area contributed by atoms with Gasteiger partial charge in [-0.25, -0.2) is 0 Å². The van der Waals surface area contributed by atoms with E-state index >= 15 is 0 Å². The summed E-state index contributed by atoms with van der Waals surface area (Å²) in [6, 6.07) is 0. The predicted octanol–water partition coefficient (Wildman–Crippen LogP) is 2.04. The monoisotopic (exact) mass is 204 g/mol.